The quantitative estimate of drug-likeness (QED) is 0.710. The molecule has 0 bridgehead atoms. The van der Waals surface area contributed by atoms with Gasteiger partial charge in [-0.15, -0.1) is 0 Å². The molecule has 2 atom stereocenters. The smallest absolute Gasteiger partial charge is 0.127 e. The van der Waals surface area contributed by atoms with Gasteiger partial charge in [0.25, 0.3) is 0 Å². The standard InChI is InChI=1S/C22H25N3O/c1-16(23-21-9-6-10-22-20(21)15-25(2)24-22)17-11-13-19(14-12-17)26-18-7-4-3-5-8-18/h3-5,7-8,11-16,21,23H,6,9-10H2,1-2H3. The van der Waals surface area contributed by atoms with Gasteiger partial charge in [-0.25, -0.2) is 0 Å². The lowest BCUT2D eigenvalue weighted by molar-refractivity contribution is 0.414. The number of nitrogens with one attached hydrogen (secondary N) is 1. The Hall–Kier alpha value is -2.59. The van der Waals surface area contributed by atoms with E-state index in [1.165, 1.54) is 23.2 Å². The number of hydrogen-bond donors (Lipinski definition) is 1. The van der Waals surface area contributed by atoms with Crippen LogP contribution in [0.1, 0.15) is 48.7 Å². The summed E-state index contributed by atoms with van der Waals surface area (Å²) in [7, 11) is 2.00. The van der Waals surface area contributed by atoms with Crippen LogP contribution < -0.4 is 10.1 Å². The fourth-order valence-electron chi connectivity index (χ4n) is 3.69. The van der Waals surface area contributed by atoms with Crippen LogP contribution in [0, 0.1) is 0 Å². The number of hydrogen-bond acceptors (Lipinski definition) is 3. The van der Waals surface area contributed by atoms with Crippen molar-refractivity contribution in [2.24, 2.45) is 7.05 Å². The molecule has 0 saturated carbocycles. The topological polar surface area (TPSA) is 39.1 Å². The van der Waals surface area contributed by atoms with Crippen LogP contribution in [0.4, 0.5) is 0 Å². The number of fused-ring (bicyclic) bond motifs is 1. The molecule has 0 spiro atoms. The summed E-state index contributed by atoms with van der Waals surface area (Å²) in [6.07, 6.45) is 5.61. The maximum absolute atomic E-state index is 5.88. The maximum Gasteiger partial charge on any atom is 0.127 e. The first-order valence-electron chi connectivity index (χ1n) is 9.30. The average molecular weight is 347 g/mol. The Kier molecular flexibility index (Phi) is 4.76. The minimum Gasteiger partial charge on any atom is -0.457 e. The van der Waals surface area contributed by atoms with E-state index in [2.05, 4.69) is 35.7 Å². The highest BCUT2D eigenvalue weighted by Gasteiger charge is 2.24. The Bertz CT molecular complexity index is 855. The summed E-state index contributed by atoms with van der Waals surface area (Å²) in [4.78, 5) is 0. The predicted octanol–water partition coefficient (Wildman–Crippen LogP) is 4.94. The van der Waals surface area contributed by atoms with E-state index in [1.54, 1.807) is 0 Å². The van der Waals surface area contributed by atoms with Gasteiger partial charge in [0.05, 0.1) is 5.69 Å². The second-order valence-electron chi connectivity index (χ2n) is 7.02. The lowest BCUT2D eigenvalue weighted by Crippen LogP contribution is -2.27. The molecule has 0 aliphatic heterocycles. The highest BCUT2D eigenvalue weighted by molar-refractivity contribution is 5.34. The van der Waals surface area contributed by atoms with Crippen molar-refractivity contribution in [2.45, 2.75) is 38.3 Å². The molecule has 2 unspecified atom stereocenters. The Morgan fingerprint density at radius 3 is 2.58 bits per heavy atom. The van der Waals surface area contributed by atoms with Crippen LogP contribution >= 0.6 is 0 Å². The maximum atomic E-state index is 5.88. The molecule has 26 heavy (non-hydrogen) atoms. The van der Waals surface area contributed by atoms with Gasteiger partial charge in [-0.2, -0.15) is 5.10 Å². The van der Waals surface area contributed by atoms with Gasteiger partial charge in [0.1, 0.15) is 11.5 Å². The molecule has 3 aromatic rings. The molecule has 1 N–H and O–H groups in total. The fraction of sp³-hybridized carbons (Fsp3) is 0.318. The zero-order valence-corrected chi connectivity index (χ0v) is 15.4. The molecule has 1 aromatic heterocycles. The van der Waals surface area contributed by atoms with Crippen LogP contribution in [-0.2, 0) is 13.5 Å². The van der Waals surface area contributed by atoms with Gasteiger partial charge in [0.2, 0.25) is 0 Å². The first-order chi connectivity index (χ1) is 12.7. The monoisotopic (exact) mass is 347 g/mol. The summed E-state index contributed by atoms with van der Waals surface area (Å²) in [5.74, 6) is 1.72. The number of aromatic nitrogens is 2. The third kappa shape index (κ3) is 3.65. The first-order valence-corrected chi connectivity index (χ1v) is 9.30. The minimum atomic E-state index is 0.275. The Balaban J connectivity index is 1.43. The average Bonchev–Trinajstić information content (AvgIpc) is 3.04. The van der Waals surface area contributed by atoms with Gasteiger partial charge in [0, 0.05) is 30.9 Å². The van der Waals surface area contributed by atoms with Crippen LogP contribution in [0.2, 0.25) is 0 Å². The Morgan fingerprint density at radius 1 is 1.08 bits per heavy atom. The van der Waals surface area contributed by atoms with E-state index in [9.17, 15) is 0 Å². The number of rotatable bonds is 5. The molecule has 134 valence electrons. The van der Waals surface area contributed by atoms with Crippen molar-refractivity contribution in [3.05, 3.63) is 77.6 Å². The molecule has 0 amide bonds. The largest absolute Gasteiger partial charge is 0.457 e. The van der Waals surface area contributed by atoms with Crippen molar-refractivity contribution in [1.29, 1.82) is 0 Å². The number of para-hydroxylation sites is 1. The van der Waals surface area contributed by atoms with Crippen LogP contribution in [0.5, 0.6) is 11.5 Å². The minimum absolute atomic E-state index is 0.275. The lowest BCUT2D eigenvalue weighted by Gasteiger charge is -2.26. The molecule has 1 aliphatic rings. The molecule has 4 rings (SSSR count). The van der Waals surface area contributed by atoms with E-state index in [-0.39, 0.29) is 6.04 Å². The summed E-state index contributed by atoms with van der Waals surface area (Å²) in [5.41, 5.74) is 3.87. The Labute approximate surface area is 154 Å². The molecule has 4 nitrogen and oxygen atoms in total. The van der Waals surface area contributed by atoms with Gasteiger partial charge in [-0.3, -0.25) is 4.68 Å². The SMILES string of the molecule is CC(NC1CCCc2nn(C)cc21)c1ccc(Oc2ccccc2)cc1. The van der Waals surface area contributed by atoms with Gasteiger partial charge in [-0.05, 0) is 56.0 Å². The van der Waals surface area contributed by atoms with Crippen molar-refractivity contribution >= 4 is 0 Å². The molecular weight excluding hydrogens is 322 g/mol. The zero-order valence-electron chi connectivity index (χ0n) is 15.4. The number of nitrogens with zero attached hydrogens (tertiary/aromatic N) is 2. The van der Waals surface area contributed by atoms with Gasteiger partial charge >= 0.3 is 0 Å². The van der Waals surface area contributed by atoms with E-state index >= 15 is 0 Å². The highest BCUT2D eigenvalue weighted by atomic mass is 16.5. The predicted molar refractivity (Wildman–Crippen MR) is 103 cm³/mol. The summed E-state index contributed by atoms with van der Waals surface area (Å²) < 4.78 is 7.82. The summed E-state index contributed by atoms with van der Waals surface area (Å²) in [6, 6.07) is 18.9. The summed E-state index contributed by atoms with van der Waals surface area (Å²) in [6.45, 7) is 2.22. The number of benzene rings is 2. The normalized spacial score (nSPS) is 17.5. The highest BCUT2D eigenvalue weighted by Crippen LogP contribution is 2.31. The number of ether oxygens (including phenoxy) is 1. The summed E-state index contributed by atoms with van der Waals surface area (Å²) in [5, 5.41) is 8.37. The molecule has 0 saturated heterocycles. The second-order valence-corrected chi connectivity index (χ2v) is 7.02. The Morgan fingerprint density at radius 2 is 1.81 bits per heavy atom. The lowest BCUT2D eigenvalue weighted by atomic mass is 9.92. The van der Waals surface area contributed by atoms with Gasteiger partial charge in [0.15, 0.2) is 0 Å². The molecule has 0 fully saturated rings. The zero-order chi connectivity index (χ0) is 17.9. The first kappa shape index (κ1) is 16.9. The third-order valence-corrected chi connectivity index (χ3v) is 5.03. The molecule has 4 heteroatoms. The fourth-order valence-corrected chi connectivity index (χ4v) is 3.69. The van der Waals surface area contributed by atoms with Crippen LogP contribution in [0.3, 0.4) is 0 Å². The molecule has 0 radical (unpaired) electrons. The van der Waals surface area contributed by atoms with Gasteiger partial charge < -0.3 is 10.1 Å². The molecule has 1 heterocycles. The number of aryl methyl sites for hydroxylation is 2. The van der Waals surface area contributed by atoms with Crippen molar-refractivity contribution < 1.29 is 4.74 Å². The van der Waals surface area contributed by atoms with Crippen LogP contribution in [0.15, 0.2) is 60.8 Å². The van der Waals surface area contributed by atoms with Crippen molar-refractivity contribution in [1.82, 2.24) is 15.1 Å². The van der Waals surface area contributed by atoms with Crippen molar-refractivity contribution in [3.63, 3.8) is 0 Å². The van der Waals surface area contributed by atoms with Crippen LogP contribution in [-0.4, -0.2) is 9.78 Å². The van der Waals surface area contributed by atoms with Crippen molar-refractivity contribution in [2.75, 3.05) is 0 Å². The van der Waals surface area contributed by atoms with E-state index in [0.29, 0.717) is 6.04 Å². The van der Waals surface area contributed by atoms with E-state index < -0.39 is 0 Å². The third-order valence-electron chi connectivity index (χ3n) is 5.03. The van der Waals surface area contributed by atoms with E-state index in [4.69, 9.17) is 4.74 Å². The van der Waals surface area contributed by atoms with Gasteiger partial charge in [-0.1, -0.05) is 30.3 Å². The van der Waals surface area contributed by atoms with Crippen molar-refractivity contribution in [3.8, 4) is 11.5 Å². The molecule has 2 aromatic carbocycles. The van der Waals surface area contributed by atoms with Crippen LogP contribution in [0.25, 0.3) is 0 Å². The molecule has 1 aliphatic carbocycles. The van der Waals surface area contributed by atoms with E-state index in [1.807, 2.05) is 54.2 Å². The second kappa shape index (κ2) is 7.34. The summed E-state index contributed by atoms with van der Waals surface area (Å²) >= 11 is 0. The van der Waals surface area contributed by atoms with E-state index in [0.717, 1.165) is 24.3 Å². The molecular formula is C22H25N3O.